The Morgan fingerprint density at radius 2 is 1.90 bits per heavy atom. The number of hydrogen-bond donors (Lipinski definition) is 1. The van der Waals surface area contributed by atoms with E-state index in [4.69, 9.17) is 13.6 Å². The molecule has 0 radical (unpaired) electrons. The maximum Gasteiger partial charge on any atom is 0.268 e. The summed E-state index contributed by atoms with van der Waals surface area (Å²) in [4.78, 5) is 39.4. The molecule has 1 unspecified atom stereocenters. The number of hydrogen-bond acceptors (Lipinski definition) is 6. The molecule has 154 valence electrons. The molecule has 1 N–H and O–H groups in total. The van der Waals surface area contributed by atoms with E-state index >= 15 is 0 Å². The van der Waals surface area contributed by atoms with E-state index in [0.717, 1.165) is 0 Å². The van der Waals surface area contributed by atoms with Crippen LogP contribution in [-0.2, 0) is 16.1 Å². The largest absolute Gasteiger partial charge is 0.478 e. The molecule has 0 saturated carbocycles. The highest BCUT2D eigenvalue weighted by Crippen LogP contribution is 2.36. The van der Waals surface area contributed by atoms with Gasteiger partial charge in [-0.15, -0.1) is 0 Å². The van der Waals surface area contributed by atoms with Gasteiger partial charge in [-0.2, -0.15) is 0 Å². The summed E-state index contributed by atoms with van der Waals surface area (Å²) < 4.78 is 16.2. The molecule has 1 atom stereocenters. The summed E-state index contributed by atoms with van der Waals surface area (Å²) in [5, 5.41) is 2.73. The number of nitrogens with one attached hydrogen (secondary N) is 1. The van der Waals surface area contributed by atoms with Crippen molar-refractivity contribution in [2.24, 2.45) is 0 Å². The summed E-state index contributed by atoms with van der Waals surface area (Å²) >= 11 is 0. The summed E-state index contributed by atoms with van der Waals surface area (Å²) in [5.41, 5.74) is 0.700. The second-order valence-corrected chi connectivity index (χ2v) is 6.78. The van der Waals surface area contributed by atoms with Gasteiger partial charge in [-0.05, 0) is 48.9 Å². The lowest BCUT2D eigenvalue weighted by molar-refractivity contribution is -0.129. The molecule has 2 aromatic heterocycles. The lowest BCUT2D eigenvalue weighted by atomic mass is 10.0. The molecular formula is C22H20N2O6. The third-order valence-corrected chi connectivity index (χ3v) is 4.78. The number of anilines is 1. The SMILES string of the molecule is CCC1Oc2ccc(C(=O)c3ccco3)cc2N(CC(=O)NCc2ccco2)C1=O. The Labute approximate surface area is 172 Å². The van der Waals surface area contributed by atoms with Gasteiger partial charge in [0.15, 0.2) is 11.9 Å². The second-order valence-electron chi connectivity index (χ2n) is 6.78. The number of ether oxygens (including phenoxy) is 1. The fraction of sp³-hybridized carbons (Fsp3) is 0.227. The molecule has 1 aliphatic rings. The Morgan fingerprint density at radius 1 is 1.10 bits per heavy atom. The van der Waals surface area contributed by atoms with Crippen molar-refractivity contribution in [1.82, 2.24) is 5.32 Å². The van der Waals surface area contributed by atoms with Gasteiger partial charge >= 0.3 is 0 Å². The molecule has 8 heteroatoms. The molecule has 0 aliphatic carbocycles. The van der Waals surface area contributed by atoms with Gasteiger partial charge in [-0.1, -0.05) is 6.92 Å². The number of fused-ring (bicyclic) bond motifs is 1. The zero-order valence-corrected chi connectivity index (χ0v) is 16.3. The maximum absolute atomic E-state index is 12.9. The van der Waals surface area contributed by atoms with E-state index in [1.54, 1.807) is 42.5 Å². The highest BCUT2D eigenvalue weighted by molar-refractivity contribution is 6.10. The Balaban J connectivity index is 1.59. The van der Waals surface area contributed by atoms with Gasteiger partial charge in [0.25, 0.3) is 5.91 Å². The third-order valence-electron chi connectivity index (χ3n) is 4.78. The molecule has 0 bridgehead atoms. The average Bonchev–Trinajstić information content (AvgIpc) is 3.47. The Kier molecular flexibility index (Phi) is 5.38. The number of ketones is 1. The molecule has 0 spiro atoms. The van der Waals surface area contributed by atoms with Crippen molar-refractivity contribution >= 4 is 23.3 Å². The Morgan fingerprint density at radius 3 is 2.60 bits per heavy atom. The van der Waals surface area contributed by atoms with Gasteiger partial charge in [0.2, 0.25) is 11.7 Å². The molecule has 1 aliphatic heterocycles. The Hall–Kier alpha value is -3.81. The summed E-state index contributed by atoms with van der Waals surface area (Å²) in [6.45, 7) is 1.84. The van der Waals surface area contributed by atoms with Crippen LogP contribution in [0.25, 0.3) is 0 Å². The predicted molar refractivity (Wildman–Crippen MR) is 106 cm³/mol. The van der Waals surface area contributed by atoms with Gasteiger partial charge < -0.3 is 18.9 Å². The first-order chi connectivity index (χ1) is 14.6. The van der Waals surface area contributed by atoms with E-state index < -0.39 is 6.10 Å². The van der Waals surface area contributed by atoms with Crippen LogP contribution in [-0.4, -0.2) is 30.2 Å². The molecule has 2 amide bonds. The first-order valence-electron chi connectivity index (χ1n) is 9.56. The standard InChI is InChI=1S/C22H20N2O6/c1-2-17-22(27)24(13-20(25)23-12-15-5-3-9-28-15)16-11-14(7-8-18(16)30-17)21(26)19-6-4-10-29-19/h3-11,17H,2,12-13H2,1H3,(H,23,25). The average molecular weight is 408 g/mol. The zero-order valence-electron chi connectivity index (χ0n) is 16.3. The van der Waals surface area contributed by atoms with Crippen LogP contribution in [0, 0.1) is 0 Å². The van der Waals surface area contributed by atoms with Gasteiger partial charge in [0, 0.05) is 5.56 Å². The molecule has 3 aromatic rings. The highest BCUT2D eigenvalue weighted by atomic mass is 16.5. The molecule has 0 saturated heterocycles. The van der Waals surface area contributed by atoms with Crippen LogP contribution in [0.15, 0.2) is 63.8 Å². The van der Waals surface area contributed by atoms with Gasteiger partial charge in [-0.3, -0.25) is 19.3 Å². The van der Waals surface area contributed by atoms with Crippen molar-refractivity contribution in [2.75, 3.05) is 11.4 Å². The van der Waals surface area contributed by atoms with Crippen LogP contribution < -0.4 is 15.0 Å². The minimum absolute atomic E-state index is 0.187. The van der Waals surface area contributed by atoms with Crippen LogP contribution in [0.3, 0.4) is 0 Å². The van der Waals surface area contributed by atoms with E-state index in [9.17, 15) is 14.4 Å². The van der Waals surface area contributed by atoms with Crippen LogP contribution >= 0.6 is 0 Å². The molecule has 3 heterocycles. The summed E-state index contributed by atoms with van der Waals surface area (Å²) in [6.07, 6.45) is 2.70. The Bertz CT molecular complexity index is 1060. The number of furan rings is 2. The van der Waals surface area contributed by atoms with E-state index in [1.807, 2.05) is 6.92 Å². The smallest absolute Gasteiger partial charge is 0.268 e. The van der Waals surface area contributed by atoms with Crippen LogP contribution in [0.4, 0.5) is 5.69 Å². The number of carbonyl (C=O) groups is 3. The summed E-state index contributed by atoms with van der Waals surface area (Å²) in [6, 6.07) is 11.5. The fourth-order valence-corrected chi connectivity index (χ4v) is 3.23. The molecule has 0 fully saturated rings. The van der Waals surface area contributed by atoms with Crippen LogP contribution in [0.1, 0.15) is 35.2 Å². The number of amides is 2. The molecule has 30 heavy (non-hydrogen) atoms. The van der Waals surface area contributed by atoms with Crippen molar-refractivity contribution in [2.45, 2.75) is 26.0 Å². The monoisotopic (exact) mass is 408 g/mol. The number of benzene rings is 1. The van der Waals surface area contributed by atoms with E-state index in [-0.39, 0.29) is 36.4 Å². The fourth-order valence-electron chi connectivity index (χ4n) is 3.23. The summed E-state index contributed by atoms with van der Waals surface area (Å²) in [5.74, 6) is 0.222. The highest BCUT2D eigenvalue weighted by Gasteiger charge is 2.35. The predicted octanol–water partition coefficient (Wildman–Crippen LogP) is 2.92. The van der Waals surface area contributed by atoms with Crippen molar-refractivity contribution < 1.29 is 28.0 Å². The zero-order chi connectivity index (χ0) is 21.1. The molecule has 8 nitrogen and oxygen atoms in total. The first kappa shape index (κ1) is 19.5. The van der Waals surface area contributed by atoms with Crippen molar-refractivity contribution in [3.8, 4) is 5.75 Å². The minimum Gasteiger partial charge on any atom is -0.478 e. The molecular weight excluding hydrogens is 388 g/mol. The van der Waals surface area contributed by atoms with Crippen LogP contribution in [0.5, 0.6) is 5.75 Å². The topological polar surface area (TPSA) is 102 Å². The van der Waals surface area contributed by atoms with E-state index in [2.05, 4.69) is 5.32 Å². The third kappa shape index (κ3) is 3.84. The van der Waals surface area contributed by atoms with Crippen molar-refractivity contribution in [3.63, 3.8) is 0 Å². The van der Waals surface area contributed by atoms with E-state index in [1.165, 1.54) is 17.4 Å². The lowest BCUT2D eigenvalue weighted by Gasteiger charge is -2.33. The second kappa shape index (κ2) is 8.28. The molecule has 4 rings (SSSR count). The maximum atomic E-state index is 12.9. The van der Waals surface area contributed by atoms with Crippen molar-refractivity contribution in [3.05, 3.63) is 72.1 Å². The minimum atomic E-state index is -0.693. The normalized spacial score (nSPS) is 15.4. The van der Waals surface area contributed by atoms with Crippen molar-refractivity contribution in [1.29, 1.82) is 0 Å². The van der Waals surface area contributed by atoms with Crippen LogP contribution in [0.2, 0.25) is 0 Å². The van der Waals surface area contributed by atoms with Gasteiger partial charge in [-0.25, -0.2) is 0 Å². The number of carbonyl (C=O) groups excluding carboxylic acids is 3. The van der Waals surface area contributed by atoms with Gasteiger partial charge in [0.1, 0.15) is 18.1 Å². The molecule has 1 aromatic carbocycles. The van der Waals surface area contributed by atoms with Gasteiger partial charge in [0.05, 0.1) is 24.8 Å². The summed E-state index contributed by atoms with van der Waals surface area (Å²) in [7, 11) is 0. The number of nitrogens with zero attached hydrogens (tertiary/aromatic N) is 1. The lowest BCUT2D eigenvalue weighted by Crippen LogP contribution is -2.49. The van der Waals surface area contributed by atoms with E-state index in [0.29, 0.717) is 29.2 Å². The first-order valence-corrected chi connectivity index (χ1v) is 9.56. The quantitative estimate of drug-likeness (QED) is 0.603. The number of rotatable bonds is 7.